The number of nitrogens with zero attached hydrogens (tertiary/aromatic N) is 3. The zero-order valence-corrected chi connectivity index (χ0v) is 8.28. The summed E-state index contributed by atoms with van der Waals surface area (Å²) in [5.41, 5.74) is 0. The molecule has 0 aromatic carbocycles. The minimum absolute atomic E-state index is 0.290. The van der Waals surface area contributed by atoms with Crippen molar-refractivity contribution in [2.45, 2.75) is 19.8 Å². The smallest absolute Gasteiger partial charge is 0.270 e. The summed E-state index contributed by atoms with van der Waals surface area (Å²) in [7, 11) is 3.42. The third-order valence-corrected chi connectivity index (χ3v) is 1.41. The van der Waals surface area contributed by atoms with Crippen LogP contribution in [0.1, 0.15) is 19.8 Å². The second-order valence-electron chi connectivity index (χ2n) is 2.84. The van der Waals surface area contributed by atoms with Crippen molar-refractivity contribution in [2.75, 3.05) is 20.6 Å². The molecule has 0 aliphatic heterocycles. The largest absolute Gasteiger partial charge is 0.351 e. The fourth-order valence-corrected chi connectivity index (χ4v) is 0.737. The summed E-state index contributed by atoms with van der Waals surface area (Å²) in [6, 6.07) is 0. The van der Waals surface area contributed by atoms with E-state index in [2.05, 4.69) is 17.3 Å². The lowest BCUT2D eigenvalue weighted by atomic mass is 10.3. The molecule has 0 heterocycles. The Morgan fingerprint density at radius 2 is 2.23 bits per heavy atom. The Bertz CT molecular complexity index is 191. The molecule has 0 aromatic heterocycles. The van der Waals surface area contributed by atoms with Gasteiger partial charge in [0.15, 0.2) is 5.03 Å². The maximum Gasteiger partial charge on any atom is 0.270 e. The van der Waals surface area contributed by atoms with Gasteiger partial charge < -0.3 is 10.2 Å². The van der Waals surface area contributed by atoms with Crippen LogP contribution >= 0.6 is 0 Å². The minimum Gasteiger partial charge on any atom is -0.351 e. The van der Waals surface area contributed by atoms with Crippen LogP contribution in [0.5, 0.6) is 0 Å². The van der Waals surface area contributed by atoms with Gasteiger partial charge in [0.2, 0.25) is 0 Å². The summed E-state index contributed by atoms with van der Waals surface area (Å²) in [4.78, 5) is 11.7. The summed E-state index contributed by atoms with van der Waals surface area (Å²) >= 11 is 0. The highest BCUT2D eigenvalue weighted by atomic mass is 16.7. The molecular weight excluding hydrogens is 172 g/mol. The van der Waals surface area contributed by atoms with Crippen LogP contribution in [0.4, 0.5) is 0 Å². The number of rotatable bonds is 4. The molecule has 1 N–H and O–H groups in total. The summed E-state index contributed by atoms with van der Waals surface area (Å²) in [6.45, 7) is 2.77. The Kier molecular flexibility index (Phi) is 5.58. The average molecular weight is 188 g/mol. The Morgan fingerprint density at radius 3 is 2.62 bits per heavy atom. The normalized spacial score (nSPS) is 11.2. The highest BCUT2D eigenvalue weighted by Crippen LogP contribution is 1.86. The van der Waals surface area contributed by atoms with E-state index in [0.29, 0.717) is 12.5 Å². The number of guanidine groups is 1. The quantitative estimate of drug-likeness (QED) is 0.229. The molecule has 0 spiro atoms. The molecule has 0 aliphatic carbocycles. The van der Waals surface area contributed by atoms with Crippen molar-refractivity contribution in [3.63, 3.8) is 0 Å². The van der Waals surface area contributed by atoms with Gasteiger partial charge in [-0.15, -0.1) is 0 Å². The van der Waals surface area contributed by atoms with Gasteiger partial charge in [-0.1, -0.05) is 13.3 Å². The van der Waals surface area contributed by atoms with E-state index in [-0.39, 0.29) is 0 Å². The van der Waals surface area contributed by atoms with Gasteiger partial charge in [0, 0.05) is 20.6 Å². The van der Waals surface area contributed by atoms with Crippen LogP contribution in [-0.2, 0) is 0 Å². The van der Waals surface area contributed by atoms with Crippen molar-refractivity contribution in [3.05, 3.63) is 10.1 Å². The molecule has 0 saturated heterocycles. The number of nitrogens with one attached hydrogen (secondary N) is 1. The predicted octanol–water partition coefficient (Wildman–Crippen LogP) is 0.485. The number of nitro groups is 1. The molecule has 13 heavy (non-hydrogen) atoms. The van der Waals surface area contributed by atoms with Crippen molar-refractivity contribution < 1.29 is 5.03 Å². The molecule has 0 rings (SSSR count). The van der Waals surface area contributed by atoms with E-state index >= 15 is 0 Å². The number of hydrazone groups is 1. The van der Waals surface area contributed by atoms with E-state index in [1.165, 1.54) is 0 Å². The van der Waals surface area contributed by atoms with Crippen molar-refractivity contribution in [2.24, 2.45) is 5.10 Å². The van der Waals surface area contributed by atoms with Gasteiger partial charge in [-0.2, -0.15) is 0 Å². The van der Waals surface area contributed by atoms with Gasteiger partial charge in [-0.05, 0) is 6.42 Å². The molecule has 0 aromatic rings. The lowest BCUT2D eigenvalue weighted by molar-refractivity contribution is -0.485. The van der Waals surface area contributed by atoms with Crippen molar-refractivity contribution >= 4 is 5.96 Å². The van der Waals surface area contributed by atoms with Gasteiger partial charge >= 0.3 is 0 Å². The molecular formula is C7H16N4O2. The highest BCUT2D eigenvalue weighted by molar-refractivity contribution is 5.78. The first-order chi connectivity index (χ1) is 6.07. The van der Waals surface area contributed by atoms with Crippen LogP contribution in [-0.4, -0.2) is 36.5 Å². The van der Waals surface area contributed by atoms with E-state index < -0.39 is 5.03 Å². The predicted molar refractivity (Wildman–Crippen MR) is 51.0 cm³/mol. The van der Waals surface area contributed by atoms with Crippen LogP contribution in [0.25, 0.3) is 0 Å². The minimum atomic E-state index is -0.700. The molecule has 0 bridgehead atoms. The Hall–Kier alpha value is -1.33. The van der Waals surface area contributed by atoms with Gasteiger partial charge in [0.1, 0.15) is 5.10 Å². The third kappa shape index (κ3) is 5.89. The Balaban J connectivity index is 4.03. The third-order valence-electron chi connectivity index (χ3n) is 1.41. The van der Waals surface area contributed by atoms with Crippen molar-refractivity contribution in [1.29, 1.82) is 0 Å². The van der Waals surface area contributed by atoms with Gasteiger partial charge in [-0.3, -0.25) is 0 Å². The van der Waals surface area contributed by atoms with Gasteiger partial charge in [-0.25, -0.2) is 10.1 Å². The van der Waals surface area contributed by atoms with Gasteiger partial charge in [0.25, 0.3) is 5.96 Å². The van der Waals surface area contributed by atoms with Crippen LogP contribution < -0.4 is 5.32 Å². The second-order valence-corrected chi connectivity index (χ2v) is 2.84. The van der Waals surface area contributed by atoms with Crippen LogP contribution in [0.3, 0.4) is 0 Å². The highest BCUT2D eigenvalue weighted by Gasteiger charge is 2.05. The fourth-order valence-electron chi connectivity index (χ4n) is 0.737. The maximum absolute atomic E-state index is 10.1. The van der Waals surface area contributed by atoms with E-state index in [1.54, 1.807) is 19.0 Å². The van der Waals surface area contributed by atoms with Crippen molar-refractivity contribution in [3.8, 4) is 0 Å². The molecule has 76 valence electrons. The lowest BCUT2D eigenvalue weighted by Gasteiger charge is -2.13. The Morgan fingerprint density at radius 1 is 1.62 bits per heavy atom. The first-order valence-corrected chi connectivity index (χ1v) is 4.22. The van der Waals surface area contributed by atoms with E-state index in [1.807, 2.05) is 0 Å². The molecule has 0 unspecified atom stereocenters. The zero-order chi connectivity index (χ0) is 10.3. The lowest BCUT2D eigenvalue weighted by Crippen LogP contribution is -2.37. The van der Waals surface area contributed by atoms with Crippen LogP contribution in [0.2, 0.25) is 0 Å². The molecule has 6 heteroatoms. The number of unbranched alkanes of at least 4 members (excludes halogenated alkanes) is 1. The van der Waals surface area contributed by atoms with Gasteiger partial charge in [0.05, 0.1) is 0 Å². The van der Waals surface area contributed by atoms with Crippen LogP contribution in [0, 0.1) is 10.1 Å². The molecule has 0 saturated carbocycles. The standard InChI is InChI=1S/C7H16N4O2/c1-4-5-6-8-7(10(2)3)9-11(12)13/h4-6H2,1-3H3,(H,8,9). The SMILES string of the molecule is CCCCN/C(=N/[N+](=O)[O-])N(C)C. The summed E-state index contributed by atoms with van der Waals surface area (Å²) in [5, 5.41) is 15.5. The summed E-state index contributed by atoms with van der Waals surface area (Å²) in [5.74, 6) is 0.290. The van der Waals surface area contributed by atoms with Crippen LogP contribution in [0.15, 0.2) is 5.10 Å². The summed E-state index contributed by atoms with van der Waals surface area (Å²) < 4.78 is 0. The Labute approximate surface area is 77.8 Å². The molecule has 6 nitrogen and oxygen atoms in total. The van der Waals surface area contributed by atoms with Crippen molar-refractivity contribution in [1.82, 2.24) is 10.2 Å². The van der Waals surface area contributed by atoms with E-state index in [0.717, 1.165) is 12.8 Å². The fraction of sp³-hybridized carbons (Fsp3) is 0.857. The molecule has 0 fully saturated rings. The summed E-state index contributed by atoms with van der Waals surface area (Å²) in [6.07, 6.45) is 2.02. The van der Waals surface area contributed by atoms with E-state index in [9.17, 15) is 10.1 Å². The first kappa shape index (κ1) is 11.7. The number of hydrogen-bond donors (Lipinski definition) is 1. The molecule has 0 atom stereocenters. The monoisotopic (exact) mass is 188 g/mol. The molecule has 0 amide bonds. The number of hydrogen-bond acceptors (Lipinski definition) is 2. The topological polar surface area (TPSA) is 70.8 Å². The molecule has 0 radical (unpaired) electrons. The zero-order valence-electron chi connectivity index (χ0n) is 8.28. The van der Waals surface area contributed by atoms with E-state index in [4.69, 9.17) is 0 Å². The first-order valence-electron chi connectivity index (χ1n) is 4.22. The molecule has 0 aliphatic rings. The maximum atomic E-state index is 10.1. The average Bonchev–Trinajstić information content (AvgIpc) is 2.02. The second kappa shape index (κ2) is 6.22.